The minimum atomic E-state index is -1.77. The largest absolute Gasteiger partial charge is 0.508 e. The zero-order chi connectivity index (χ0) is 30.0. The normalized spacial score (nSPS) is 33.8. The Morgan fingerprint density at radius 1 is 0.829 bits per heavy atom. The molecule has 2 aromatic rings. The second kappa shape index (κ2) is 12.9. The number of Topliss-reactive ketones (excluding diaryl/α,β-unsaturated/α-hetero) is 1. The molecule has 14 heteroatoms. The van der Waals surface area contributed by atoms with E-state index in [1.54, 1.807) is 12.1 Å². The maximum Gasteiger partial charge on any atom is 0.229 e. The van der Waals surface area contributed by atoms with Gasteiger partial charge in [0.2, 0.25) is 6.29 Å². The van der Waals surface area contributed by atoms with Crippen LogP contribution in [-0.2, 0) is 20.6 Å². The maximum absolute atomic E-state index is 12.7. The van der Waals surface area contributed by atoms with Crippen molar-refractivity contribution in [2.75, 3.05) is 6.61 Å². The monoisotopic (exact) mass is 582 g/mol. The second-order valence-corrected chi connectivity index (χ2v) is 10.0. The summed E-state index contributed by atoms with van der Waals surface area (Å²) in [5.74, 6) is -2.00. The summed E-state index contributed by atoms with van der Waals surface area (Å²) in [4.78, 5) is 12.7. The van der Waals surface area contributed by atoms with Crippen LogP contribution in [0.5, 0.6) is 23.0 Å². The summed E-state index contributed by atoms with van der Waals surface area (Å²) >= 11 is 0. The number of ketones is 1. The van der Waals surface area contributed by atoms with Gasteiger partial charge < -0.3 is 64.9 Å². The molecule has 2 saturated heterocycles. The summed E-state index contributed by atoms with van der Waals surface area (Å²) in [6, 6.07) is 8.22. The number of phenolic OH excluding ortho intramolecular Hbond substituents is 3. The van der Waals surface area contributed by atoms with Crippen molar-refractivity contribution < 1.29 is 69.7 Å². The number of rotatable bonds is 9. The summed E-state index contributed by atoms with van der Waals surface area (Å²) in [5.41, 5.74) is 0.385. The van der Waals surface area contributed by atoms with E-state index in [4.69, 9.17) is 18.9 Å². The Morgan fingerprint density at radius 2 is 1.46 bits per heavy atom. The molecule has 2 aliphatic heterocycles. The lowest BCUT2D eigenvalue weighted by Gasteiger charge is -2.45. The fraction of sp³-hybridized carbons (Fsp3) is 0.519. The van der Waals surface area contributed by atoms with Gasteiger partial charge in [0.05, 0.1) is 12.7 Å². The highest BCUT2D eigenvalue weighted by molar-refractivity contribution is 6.01. The summed E-state index contributed by atoms with van der Waals surface area (Å²) in [5, 5.41) is 91.5. The molecule has 0 amide bonds. The summed E-state index contributed by atoms with van der Waals surface area (Å²) in [6.45, 7) is 0.675. The minimum absolute atomic E-state index is 0.0706. The van der Waals surface area contributed by atoms with E-state index in [1.165, 1.54) is 19.1 Å². The maximum atomic E-state index is 12.7. The molecule has 2 fully saturated rings. The molecule has 0 aromatic heterocycles. The van der Waals surface area contributed by atoms with E-state index in [-0.39, 0.29) is 29.9 Å². The van der Waals surface area contributed by atoms with E-state index in [2.05, 4.69) is 0 Å². The molecule has 14 nitrogen and oxygen atoms in total. The molecule has 2 heterocycles. The van der Waals surface area contributed by atoms with Crippen molar-refractivity contribution in [2.24, 2.45) is 0 Å². The highest BCUT2D eigenvalue weighted by atomic mass is 16.8. The molecule has 2 aromatic carbocycles. The van der Waals surface area contributed by atoms with Crippen LogP contribution in [0.2, 0.25) is 0 Å². The number of hydrogen-bond acceptors (Lipinski definition) is 14. The predicted octanol–water partition coefficient (Wildman–Crippen LogP) is -1.35. The van der Waals surface area contributed by atoms with Crippen LogP contribution >= 0.6 is 0 Å². The number of aryl methyl sites for hydroxylation is 1. The fourth-order valence-corrected chi connectivity index (χ4v) is 4.70. The van der Waals surface area contributed by atoms with Crippen molar-refractivity contribution in [3.63, 3.8) is 0 Å². The van der Waals surface area contributed by atoms with Crippen LogP contribution in [0.15, 0.2) is 36.4 Å². The Morgan fingerprint density at radius 3 is 2.07 bits per heavy atom. The van der Waals surface area contributed by atoms with Crippen LogP contribution in [0.25, 0.3) is 0 Å². The van der Waals surface area contributed by atoms with E-state index in [9.17, 15) is 50.8 Å². The van der Waals surface area contributed by atoms with Gasteiger partial charge in [-0.25, -0.2) is 0 Å². The average Bonchev–Trinajstić information content (AvgIpc) is 2.93. The molecule has 4 rings (SSSR count). The standard InChI is InChI=1S/C27H34O14/c1-11-20(33)22(35)24(37)26(38-11)41-25-23(36)21(34)18(10-28)40-27(25)39-14-8-16(31)19(17(32)9-14)15(30)7-4-12-2-5-13(29)6-3-12/h2-3,5-6,8-9,11,18,20-29,31-37H,4,7,10H2,1H3/t11-,18-,20-,21-,22+,23+,24+,25-,26+,27-/m1/s1. The van der Waals surface area contributed by atoms with Crippen LogP contribution < -0.4 is 4.74 Å². The van der Waals surface area contributed by atoms with Crippen LogP contribution in [0, 0.1) is 0 Å². The zero-order valence-corrected chi connectivity index (χ0v) is 21.9. The molecule has 9 N–H and O–H groups in total. The van der Waals surface area contributed by atoms with Crippen molar-refractivity contribution in [3.05, 3.63) is 47.5 Å². The number of carbonyl (C=O) groups is 1. The van der Waals surface area contributed by atoms with Gasteiger partial charge in [0.25, 0.3) is 0 Å². The summed E-state index contributed by atoms with van der Waals surface area (Å²) in [6.07, 6.45) is -15.3. The fourth-order valence-electron chi connectivity index (χ4n) is 4.70. The van der Waals surface area contributed by atoms with Crippen molar-refractivity contribution in [1.29, 1.82) is 0 Å². The molecule has 0 spiro atoms. The Balaban J connectivity index is 1.52. The minimum Gasteiger partial charge on any atom is -0.508 e. The third-order valence-corrected chi connectivity index (χ3v) is 7.10. The SMILES string of the molecule is C[C@H]1O[C@@H](O[C@H]2[C@H](Oc3cc(O)c(C(=O)CCc4ccc(O)cc4)c(O)c3)O[C@H](CO)[C@@H](O)[C@@H]2O)[C@@H](O)[C@@H](O)[C@@H]1O. The van der Waals surface area contributed by atoms with E-state index < -0.39 is 85.3 Å². The quantitative estimate of drug-likeness (QED) is 0.156. The molecular formula is C27H34O14. The van der Waals surface area contributed by atoms with E-state index >= 15 is 0 Å². The molecule has 226 valence electrons. The Kier molecular flexibility index (Phi) is 9.69. The first-order valence-corrected chi connectivity index (χ1v) is 12.9. The summed E-state index contributed by atoms with van der Waals surface area (Å²) in [7, 11) is 0. The molecule has 41 heavy (non-hydrogen) atoms. The van der Waals surface area contributed by atoms with Gasteiger partial charge in [-0.05, 0) is 31.0 Å². The molecule has 2 aliphatic rings. The van der Waals surface area contributed by atoms with Crippen LogP contribution in [0.3, 0.4) is 0 Å². The number of aromatic hydroxyl groups is 3. The number of hydrogen-bond donors (Lipinski definition) is 9. The molecular weight excluding hydrogens is 548 g/mol. The number of benzene rings is 2. The smallest absolute Gasteiger partial charge is 0.229 e. The van der Waals surface area contributed by atoms with Crippen LogP contribution in [0.1, 0.15) is 29.3 Å². The third kappa shape index (κ3) is 6.72. The lowest BCUT2D eigenvalue weighted by Crippen LogP contribution is -2.64. The first kappa shape index (κ1) is 30.9. The molecule has 0 unspecified atom stereocenters. The molecule has 0 bridgehead atoms. The molecule has 10 atom stereocenters. The van der Waals surface area contributed by atoms with E-state index in [1.807, 2.05) is 0 Å². The second-order valence-electron chi connectivity index (χ2n) is 10.0. The number of aliphatic hydroxyl groups is 6. The number of phenols is 3. The molecule has 0 radical (unpaired) electrons. The van der Waals surface area contributed by atoms with E-state index in [0.29, 0.717) is 0 Å². The van der Waals surface area contributed by atoms with Gasteiger partial charge in [-0.2, -0.15) is 0 Å². The van der Waals surface area contributed by atoms with Gasteiger partial charge in [0.1, 0.15) is 65.2 Å². The van der Waals surface area contributed by atoms with E-state index in [0.717, 1.165) is 17.7 Å². The van der Waals surface area contributed by atoms with Crippen molar-refractivity contribution in [2.45, 2.75) is 81.2 Å². The Labute approximate surface area is 234 Å². The van der Waals surface area contributed by atoms with Crippen LogP contribution in [-0.4, -0.2) is 120 Å². The predicted molar refractivity (Wildman–Crippen MR) is 136 cm³/mol. The first-order chi connectivity index (χ1) is 19.4. The van der Waals surface area contributed by atoms with Gasteiger partial charge in [-0.3, -0.25) is 4.79 Å². The van der Waals surface area contributed by atoms with Crippen molar-refractivity contribution >= 4 is 5.78 Å². The lowest BCUT2D eigenvalue weighted by molar-refractivity contribution is -0.354. The number of ether oxygens (including phenoxy) is 4. The topological polar surface area (TPSA) is 236 Å². The van der Waals surface area contributed by atoms with Gasteiger partial charge >= 0.3 is 0 Å². The first-order valence-electron chi connectivity index (χ1n) is 12.9. The van der Waals surface area contributed by atoms with Crippen molar-refractivity contribution in [3.8, 4) is 23.0 Å². The number of aliphatic hydroxyl groups excluding tert-OH is 6. The highest BCUT2D eigenvalue weighted by Crippen LogP contribution is 2.36. The van der Waals surface area contributed by atoms with Crippen molar-refractivity contribution in [1.82, 2.24) is 0 Å². The lowest BCUT2D eigenvalue weighted by atomic mass is 9.97. The van der Waals surface area contributed by atoms with Gasteiger partial charge in [-0.15, -0.1) is 0 Å². The Bertz CT molecular complexity index is 1170. The van der Waals surface area contributed by atoms with Gasteiger partial charge in [0.15, 0.2) is 18.2 Å². The van der Waals surface area contributed by atoms with Crippen LogP contribution in [0.4, 0.5) is 0 Å². The Hall–Kier alpha value is -3.05. The number of carbonyl (C=O) groups excluding carboxylic acids is 1. The van der Waals surface area contributed by atoms with Gasteiger partial charge in [-0.1, -0.05) is 12.1 Å². The third-order valence-electron chi connectivity index (χ3n) is 7.10. The van der Waals surface area contributed by atoms with Gasteiger partial charge in [0, 0.05) is 18.6 Å². The molecule has 0 saturated carbocycles. The summed E-state index contributed by atoms with van der Waals surface area (Å²) < 4.78 is 22.2. The highest BCUT2D eigenvalue weighted by Gasteiger charge is 2.51. The average molecular weight is 583 g/mol. The zero-order valence-electron chi connectivity index (χ0n) is 21.9. The molecule has 0 aliphatic carbocycles.